The van der Waals surface area contributed by atoms with Gasteiger partial charge in [0, 0.05) is 5.33 Å². The van der Waals surface area contributed by atoms with Crippen molar-refractivity contribution in [2.24, 2.45) is 0 Å². The number of hydrogen-bond acceptors (Lipinski definition) is 3. The number of ether oxygens (including phenoxy) is 2. The SMILES string of the molecule is CCOC(=O)COCc1ccccc1CCBr. The van der Waals surface area contributed by atoms with Gasteiger partial charge in [0.2, 0.25) is 0 Å². The van der Waals surface area contributed by atoms with Gasteiger partial charge in [-0.25, -0.2) is 4.79 Å². The molecule has 17 heavy (non-hydrogen) atoms. The summed E-state index contributed by atoms with van der Waals surface area (Å²) in [5, 5.41) is 0.919. The monoisotopic (exact) mass is 300 g/mol. The molecule has 0 unspecified atom stereocenters. The minimum Gasteiger partial charge on any atom is -0.464 e. The third-order valence-electron chi connectivity index (χ3n) is 2.27. The zero-order valence-electron chi connectivity index (χ0n) is 9.95. The molecule has 4 heteroatoms. The summed E-state index contributed by atoms with van der Waals surface area (Å²) in [5.41, 5.74) is 2.37. The van der Waals surface area contributed by atoms with Crippen LogP contribution >= 0.6 is 15.9 Å². The highest BCUT2D eigenvalue weighted by molar-refractivity contribution is 9.09. The minimum absolute atomic E-state index is 0.0104. The molecule has 0 fully saturated rings. The molecule has 3 nitrogen and oxygen atoms in total. The lowest BCUT2D eigenvalue weighted by Gasteiger charge is -2.08. The first-order valence-electron chi connectivity index (χ1n) is 5.64. The van der Waals surface area contributed by atoms with Crippen LogP contribution in [0.1, 0.15) is 18.1 Å². The highest BCUT2D eigenvalue weighted by atomic mass is 79.9. The van der Waals surface area contributed by atoms with Crippen LogP contribution in [-0.2, 0) is 27.3 Å². The summed E-state index contributed by atoms with van der Waals surface area (Å²) in [5.74, 6) is -0.314. The predicted molar refractivity (Wildman–Crippen MR) is 70.2 cm³/mol. The number of benzene rings is 1. The van der Waals surface area contributed by atoms with Crippen LogP contribution in [0, 0.1) is 0 Å². The normalized spacial score (nSPS) is 10.2. The molecule has 0 aliphatic rings. The summed E-state index contributed by atoms with van der Waals surface area (Å²) in [7, 11) is 0. The first kappa shape index (κ1) is 14.2. The Hall–Kier alpha value is -0.870. The van der Waals surface area contributed by atoms with Crippen molar-refractivity contribution < 1.29 is 14.3 Å². The van der Waals surface area contributed by atoms with Crippen molar-refractivity contribution >= 4 is 21.9 Å². The number of esters is 1. The van der Waals surface area contributed by atoms with Crippen LogP contribution in [0.15, 0.2) is 24.3 Å². The molecule has 0 aliphatic heterocycles. The van der Waals surface area contributed by atoms with E-state index in [4.69, 9.17) is 9.47 Å². The Morgan fingerprint density at radius 1 is 1.29 bits per heavy atom. The van der Waals surface area contributed by atoms with Crippen molar-refractivity contribution in [3.05, 3.63) is 35.4 Å². The fourth-order valence-corrected chi connectivity index (χ4v) is 1.92. The molecule has 0 saturated heterocycles. The maximum absolute atomic E-state index is 11.1. The number of carbonyl (C=O) groups is 1. The van der Waals surface area contributed by atoms with E-state index in [1.807, 2.05) is 18.2 Å². The van der Waals surface area contributed by atoms with E-state index in [2.05, 4.69) is 22.0 Å². The van der Waals surface area contributed by atoms with Crippen LogP contribution in [0.5, 0.6) is 0 Å². The first-order chi connectivity index (χ1) is 8.27. The van der Waals surface area contributed by atoms with E-state index in [1.165, 1.54) is 5.56 Å². The van der Waals surface area contributed by atoms with Gasteiger partial charge in [0.1, 0.15) is 6.61 Å². The van der Waals surface area contributed by atoms with Gasteiger partial charge < -0.3 is 9.47 Å². The Kier molecular flexibility index (Phi) is 6.89. The average molecular weight is 301 g/mol. The second kappa shape index (κ2) is 8.25. The molecule has 0 aromatic heterocycles. The van der Waals surface area contributed by atoms with Gasteiger partial charge in [0.05, 0.1) is 13.2 Å². The van der Waals surface area contributed by atoms with E-state index in [1.54, 1.807) is 6.92 Å². The molecule has 94 valence electrons. The van der Waals surface area contributed by atoms with E-state index < -0.39 is 0 Å². The van der Waals surface area contributed by atoms with E-state index in [-0.39, 0.29) is 12.6 Å². The lowest BCUT2D eigenvalue weighted by atomic mass is 10.1. The average Bonchev–Trinajstić information content (AvgIpc) is 2.32. The smallest absolute Gasteiger partial charge is 0.332 e. The van der Waals surface area contributed by atoms with E-state index >= 15 is 0 Å². The van der Waals surface area contributed by atoms with Gasteiger partial charge in [-0.05, 0) is 24.5 Å². The zero-order valence-corrected chi connectivity index (χ0v) is 11.5. The van der Waals surface area contributed by atoms with Crippen LogP contribution in [0.3, 0.4) is 0 Å². The summed E-state index contributed by atoms with van der Waals surface area (Å²) in [4.78, 5) is 11.1. The third kappa shape index (κ3) is 5.33. The predicted octanol–water partition coefficient (Wildman–Crippen LogP) is 2.70. The summed E-state index contributed by atoms with van der Waals surface area (Å²) >= 11 is 3.42. The second-order valence-corrected chi connectivity index (χ2v) is 4.30. The maximum Gasteiger partial charge on any atom is 0.332 e. The fraction of sp³-hybridized carbons (Fsp3) is 0.462. The van der Waals surface area contributed by atoms with E-state index in [9.17, 15) is 4.79 Å². The van der Waals surface area contributed by atoms with E-state index in [0.717, 1.165) is 17.3 Å². The van der Waals surface area contributed by atoms with Gasteiger partial charge in [-0.2, -0.15) is 0 Å². The molecule has 0 aliphatic carbocycles. The fourth-order valence-electron chi connectivity index (χ4n) is 1.49. The Labute approximate surface area is 110 Å². The highest BCUT2D eigenvalue weighted by Crippen LogP contribution is 2.11. The van der Waals surface area contributed by atoms with Crippen molar-refractivity contribution in [2.75, 3.05) is 18.5 Å². The van der Waals surface area contributed by atoms with Crippen molar-refractivity contribution in [1.82, 2.24) is 0 Å². The third-order valence-corrected chi connectivity index (χ3v) is 2.66. The topological polar surface area (TPSA) is 35.5 Å². The Morgan fingerprint density at radius 3 is 2.65 bits per heavy atom. The number of hydrogen-bond donors (Lipinski definition) is 0. The molecule has 0 amide bonds. The van der Waals surface area contributed by atoms with Crippen LogP contribution in [0.25, 0.3) is 0 Å². The number of carbonyl (C=O) groups excluding carboxylic acids is 1. The highest BCUT2D eigenvalue weighted by Gasteiger charge is 2.04. The van der Waals surface area contributed by atoms with Crippen molar-refractivity contribution in [3.63, 3.8) is 0 Å². The van der Waals surface area contributed by atoms with Crippen LogP contribution in [0.4, 0.5) is 0 Å². The molecule has 1 rings (SSSR count). The van der Waals surface area contributed by atoms with Crippen molar-refractivity contribution in [1.29, 1.82) is 0 Å². The van der Waals surface area contributed by atoms with Gasteiger partial charge in [-0.3, -0.25) is 0 Å². The molecule has 1 aromatic rings. The van der Waals surface area contributed by atoms with Gasteiger partial charge in [0.15, 0.2) is 0 Å². The molecule has 0 bridgehead atoms. The summed E-state index contributed by atoms with van der Waals surface area (Å²) in [6.07, 6.45) is 0.957. The van der Waals surface area contributed by atoms with Gasteiger partial charge in [-0.1, -0.05) is 40.2 Å². The van der Waals surface area contributed by atoms with E-state index in [0.29, 0.717) is 13.2 Å². The number of rotatable bonds is 7. The maximum atomic E-state index is 11.1. The summed E-state index contributed by atoms with van der Waals surface area (Å²) < 4.78 is 10.1. The van der Waals surface area contributed by atoms with Gasteiger partial charge in [-0.15, -0.1) is 0 Å². The van der Waals surface area contributed by atoms with Gasteiger partial charge in [0.25, 0.3) is 0 Å². The quantitative estimate of drug-likeness (QED) is 0.574. The molecule has 0 N–H and O–H groups in total. The molecule has 0 spiro atoms. The number of halogens is 1. The Balaban J connectivity index is 2.43. The molecule has 0 heterocycles. The van der Waals surface area contributed by atoms with Crippen molar-refractivity contribution in [3.8, 4) is 0 Å². The molecule has 0 saturated carbocycles. The number of aryl methyl sites for hydroxylation is 1. The van der Waals surface area contributed by atoms with Crippen LogP contribution in [-0.4, -0.2) is 24.5 Å². The van der Waals surface area contributed by atoms with Gasteiger partial charge >= 0.3 is 5.97 Å². The molecule has 0 atom stereocenters. The molecule has 1 aromatic carbocycles. The van der Waals surface area contributed by atoms with Crippen LogP contribution in [0.2, 0.25) is 0 Å². The summed E-state index contributed by atoms with van der Waals surface area (Å²) in [6, 6.07) is 8.07. The number of alkyl halides is 1. The van der Waals surface area contributed by atoms with Crippen molar-refractivity contribution in [2.45, 2.75) is 20.0 Å². The minimum atomic E-state index is -0.314. The second-order valence-electron chi connectivity index (χ2n) is 3.51. The first-order valence-corrected chi connectivity index (χ1v) is 6.76. The molecule has 0 radical (unpaired) electrons. The largest absolute Gasteiger partial charge is 0.464 e. The lowest BCUT2D eigenvalue weighted by molar-refractivity contribution is -0.148. The Bertz CT molecular complexity index is 352. The zero-order chi connectivity index (χ0) is 12.5. The lowest BCUT2D eigenvalue weighted by Crippen LogP contribution is -2.12. The molecular weight excluding hydrogens is 284 g/mol. The standard InChI is InChI=1S/C13H17BrO3/c1-2-17-13(15)10-16-9-12-6-4-3-5-11(12)7-8-14/h3-6H,2,7-10H2,1H3. The van der Waals surface area contributed by atoms with Crippen LogP contribution < -0.4 is 0 Å². The molecular formula is C13H17BrO3. The summed E-state index contributed by atoms with van der Waals surface area (Å²) in [6.45, 7) is 2.63. The Morgan fingerprint density at radius 2 is 2.00 bits per heavy atom.